The van der Waals surface area contributed by atoms with Crippen molar-refractivity contribution in [3.63, 3.8) is 0 Å². The zero-order chi connectivity index (χ0) is 29.7. The molecular weight excluding hydrogens is 504 g/mol. The molecule has 18 heteroatoms. The summed E-state index contributed by atoms with van der Waals surface area (Å²) in [7, 11) is 0. The minimum Gasteiger partial charge on any atom is -0.481 e. The van der Waals surface area contributed by atoms with E-state index in [9.17, 15) is 19.5 Å². The Bertz CT molecular complexity index is 832. The molecule has 18 N–H and O–H groups in total. The number of guanidine groups is 3. The van der Waals surface area contributed by atoms with Crippen LogP contribution in [0.15, 0.2) is 15.0 Å². The number of rotatable bonds is 17. The number of amides is 2. The molecule has 0 aromatic rings. The van der Waals surface area contributed by atoms with Gasteiger partial charge in [-0.15, -0.1) is 0 Å². The van der Waals surface area contributed by atoms with Gasteiger partial charge in [-0.2, -0.15) is 0 Å². The van der Waals surface area contributed by atoms with Gasteiger partial charge in [0.1, 0.15) is 12.1 Å². The van der Waals surface area contributed by atoms with Crippen LogP contribution in [-0.2, 0) is 19.2 Å². The van der Waals surface area contributed by atoms with Crippen LogP contribution in [0.2, 0.25) is 0 Å². The molecule has 3 atom stereocenters. The first kappa shape index (κ1) is 35.8. The summed E-state index contributed by atoms with van der Waals surface area (Å²) in [6.07, 6.45) is 1.61. The first-order chi connectivity index (χ1) is 17.7. The second-order valence-corrected chi connectivity index (χ2v) is 7.93. The summed E-state index contributed by atoms with van der Waals surface area (Å²) >= 11 is 0. The SMILES string of the molecule is CC(=O)O.NC(N)=NCCCC(N)C(=O)NC(CCCN=C(N)N)C(=O)NC(CCCN=C(N)N)C(=O)O. The molecule has 0 aliphatic carbocycles. The topological polar surface area (TPSA) is 352 Å². The maximum atomic E-state index is 12.8. The molecule has 0 spiro atoms. The standard InChI is InChI=1S/C18H38N12O4.C2H4O2/c19-10(4-1-7-26-16(20)21)13(31)29-11(5-2-8-27-17(22)23)14(32)30-12(15(33)34)6-3-9-28-18(24)25;1-2(3)4/h10-12H,1-9,19H2,(H,29,31)(H,30,32)(H,33,34)(H4,20,21,26)(H4,22,23,27)(H4,24,25,28);1H3,(H,3,4). The van der Waals surface area contributed by atoms with Gasteiger partial charge in [0.15, 0.2) is 17.9 Å². The van der Waals surface area contributed by atoms with Crippen LogP contribution < -0.4 is 50.8 Å². The molecule has 0 aromatic heterocycles. The molecule has 0 saturated carbocycles. The molecule has 0 aliphatic heterocycles. The number of carboxylic acid groups (broad SMARTS) is 2. The zero-order valence-corrected chi connectivity index (χ0v) is 21.5. The fourth-order valence-corrected chi connectivity index (χ4v) is 2.73. The van der Waals surface area contributed by atoms with Crippen molar-refractivity contribution < 1.29 is 29.4 Å². The third-order valence-electron chi connectivity index (χ3n) is 4.44. The molecule has 0 radical (unpaired) electrons. The van der Waals surface area contributed by atoms with Gasteiger partial charge in [0.2, 0.25) is 11.8 Å². The van der Waals surface area contributed by atoms with Crippen molar-refractivity contribution in [2.45, 2.75) is 63.6 Å². The van der Waals surface area contributed by atoms with Crippen LogP contribution in [0.4, 0.5) is 0 Å². The lowest BCUT2D eigenvalue weighted by atomic mass is 10.1. The van der Waals surface area contributed by atoms with Crippen molar-refractivity contribution in [1.29, 1.82) is 0 Å². The molecule has 38 heavy (non-hydrogen) atoms. The van der Waals surface area contributed by atoms with E-state index in [2.05, 4.69) is 25.6 Å². The van der Waals surface area contributed by atoms with Gasteiger partial charge in [0, 0.05) is 26.6 Å². The molecule has 0 bridgehead atoms. The smallest absolute Gasteiger partial charge is 0.326 e. The Kier molecular flexibility index (Phi) is 19.6. The summed E-state index contributed by atoms with van der Waals surface area (Å²) in [5.74, 6) is -3.62. The van der Waals surface area contributed by atoms with Gasteiger partial charge >= 0.3 is 5.97 Å². The minimum absolute atomic E-state index is 0.0678. The van der Waals surface area contributed by atoms with E-state index in [-0.39, 0.29) is 50.2 Å². The summed E-state index contributed by atoms with van der Waals surface area (Å²) in [6, 6.07) is -3.17. The Balaban J connectivity index is 0. The van der Waals surface area contributed by atoms with Crippen molar-refractivity contribution in [3.8, 4) is 0 Å². The van der Waals surface area contributed by atoms with Crippen LogP contribution >= 0.6 is 0 Å². The Morgan fingerprint density at radius 1 is 0.658 bits per heavy atom. The highest BCUT2D eigenvalue weighted by atomic mass is 16.4. The highest BCUT2D eigenvalue weighted by molar-refractivity contribution is 5.91. The monoisotopic (exact) mass is 546 g/mol. The van der Waals surface area contributed by atoms with Crippen LogP contribution in [-0.4, -0.2) is 89.6 Å². The van der Waals surface area contributed by atoms with Gasteiger partial charge in [0.05, 0.1) is 6.04 Å². The lowest BCUT2D eigenvalue weighted by Crippen LogP contribution is -2.54. The fourth-order valence-electron chi connectivity index (χ4n) is 2.73. The number of nitrogens with one attached hydrogen (secondary N) is 2. The third-order valence-corrected chi connectivity index (χ3v) is 4.44. The number of aliphatic carboxylic acids is 2. The van der Waals surface area contributed by atoms with E-state index in [0.717, 1.165) is 6.92 Å². The molecular formula is C20H42N12O6. The summed E-state index contributed by atoms with van der Waals surface area (Å²) in [6.45, 7) is 1.80. The maximum absolute atomic E-state index is 12.8. The predicted molar refractivity (Wildman–Crippen MR) is 143 cm³/mol. The predicted octanol–water partition coefficient (Wildman–Crippen LogP) is -4.38. The normalized spacial score (nSPS) is 12.3. The van der Waals surface area contributed by atoms with E-state index in [1.807, 2.05) is 0 Å². The molecule has 0 rings (SSSR count). The maximum Gasteiger partial charge on any atom is 0.326 e. The van der Waals surface area contributed by atoms with Gasteiger partial charge in [-0.25, -0.2) is 4.79 Å². The minimum atomic E-state index is -1.24. The molecule has 0 fully saturated rings. The van der Waals surface area contributed by atoms with E-state index in [1.165, 1.54) is 0 Å². The van der Waals surface area contributed by atoms with Gasteiger partial charge in [0.25, 0.3) is 5.97 Å². The highest BCUT2D eigenvalue weighted by Crippen LogP contribution is 2.05. The number of carbonyl (C=O) groups is 4. The van der Waals surface area contributed by atoms with Crippen LogP contribution in [0.3, 0.4) is 0 Å². The zero-order valence-electron chi connectivity index (χ0n) is 21.5. The molecule has 0 aromatic carbocycles. The lowest BCUT2D eigenvalue weighted by Gasteiger charge is -2.23. The average Bonchev–Trinajstić information content (AvgIpc) is 2.79. The van der Waals surface area contributed by atoms with Crippen molar-refractivity contribution in [1.82, 2.24) is 10.6 Å². The van der Waals surface area contributed by atoms with Crippen molar-refractivity contribution in [2.24, 2.45) is 55.1 Å². The Labute approximate surface area is 220 Å². The summed E-state index contributed by atoms with van der Waals surface area (Å²) in [5.41, 5.74) is 37.4. The lowest BCUT2D eigenvalue weighted by molar-refractivity contribution is -0.142. The first-order valence-electron chi connectivity index (χ1n) is 11.6. The molecule has 0 saturated heterocycles. The number of aliphatic imine (C=N–C) groups is 3. The second kappa shape index (κ2) is 20.8. The van der Waals surface area contributed by atoms with E-state index < -0.39 is 41.9 Å². The summed E-state index contributed by atoms with van der Waals surface area (Å²) < 4.78 is 0. The largest absolute Gasteiger partial charge is 0.481 e. The second-order valence-electron chi connectivity index (χ2n) is 7.93. The molecule has 0 heterocycles. The number of carboxylic acids is 2. The van der Waals surface area contributed by atoms with Crippen LogP contribution in [0.25, 0.3) is 0 Å². The van der Waals surface area contributed by atoms with Crippen molar-refractivity contribution in [3.05, 3.63) is 0 Å². The average molecular weight is 547 g/mol. The van der Waals surface area contributed by atoms with Crippen molar-refractivity contribution in [2.75, 3.05) is 19.6 Å². The van der Waals surface area contributed by atoms with Gasteiger partial charge in [-0.05, 0) is 38.5 Å². The summed E-state index contributed by atoms with van der Waals surface area (Å²) in [4.78, 5) is 57.3. The highest BCUT2D eigenvalue weighted by Gasteiger charge is 2.27. The van der Waals surface area contributed by atoms with E-state index in [0.29, 0.717) is 25.8 Å². The van der Waals surface area contributed by atoms with Gasteiger partial charge in [-0.3, -0.25) is 29.4 Å². The van der Waals surface area contributed by atoms with Crippen LogP contribution in [0, 0.1) is 0 Å². The van der Waals surface area contributed by atoms with Crippen LogP contribution in [0.1, 0.15) is 45.4 Å². The summed E-state index contributed by atoms with van der Waals surface area (Å²) in [5, 5.41) is 21.8. The Hall–Kier alpha value is -4.35. The fraction of sp³-hybridized carbons (Fsp3) is 0.650. The number of nitrogens with two attached hydrogens (primary N) is 7. The molecule has 0 aliphatic rings. The van der Waals surface area contributed by atoms with Crippen LogP contribution in [0.5, 0.6) is 0 Å². The number of carbonyl (C=O) groups excluding carboxylic acids is 2. The van der Waals surface area contributed by atoms with E-state index in [1.54, 1.807) is 0 Å². The van der Waals surface area contributed by atoms with E-state index >= 15 is 0 Å². The number of nitrogens with zero attached hydrogens (tertiary/aromatic N) is 3. The Morgan fingerprint density at radius 2 is 1.00 bits per heavy atom. The Morgan fingerprint density at radius 3 is 1.37 bits per heavy atom. The van der Waals surface area contributed by atoms with Gasteiger partial charge in [-0.1, -0.05) is 0 Å². The number of hydrogen-bond acceptors (Lipinski definition) is 8. The third kappa shape index (κ3) is 22.1. The molecule has 18 nitrogen and oxygen atoms in total. The first-order valence-corrected chi connectivity index (χ1v) is 11.6. The molecule has 2 amide bonds. The number of hydrogen-bond donors (Lipinski definition) is 11. The van der Waals surface area contributed by atoms with Crippen molar-refractivity contribution >= 4 is 41.6 Å². The quantitative estimate of drug-likeness (QED) is 0.0466. The molecule has 218 valence electrons. The van der Waals surface area contributed by atoms with Gasteiger partial charge < -0.3 is 61.0 Å². The van der Waals surface area contributed by atoms with E-state index in [4.69, 9.17) is 50.0 Å². The molecule has 3 unspecified atom stereocenters.